The largest absolute Gasteiger partial charge is 0.493 e. The van der Waals surface area contributed by atoms with Gasteiger partial charge in [-0.25, -0.2) is 18.0 Å². The van der Waals surface area contributed by atoms with E-state index in [1.165, 1.54) is 27.4 Å². The van der Waals surface area contributed by atoms with E-state index in [0.29, 0.717) is 28.9 Å². The Labute approximate surface area is 192 Å². The number of halogens is 3. The van der Waals surface area contributed by atoms with E-state index in [1.54, 1.807) is 12.1 Å². The van der Waals surface area contributed by atoms with Crippen molar-refractivity contribution in [1.29, 1.82) is 0 Å². The Balaban J connectivity index is 1.84. The van der Waals surface area contributed by atoms with Gasteiger partial charge in [0.2, 0.25) is 11.7 Å². The summed E-state index contributed by atoms with van der Waals surface area (Å²) in [5.41, 5.74) is -0.0708. The number of carbonyl (C=O) groups is 3. The van der Waals surface area contributed by atoms with Crippen molar-refractivity contribution < 1.29 is 46.5 Å². The monoisotopic (exact) mass is 482 g/mol. The maximum atomic E-state index is 13.5. The first-order chi connectivity index (χ1) is 16.2. The second kappa shape index (κ2) is 12.1. The van der Waals surface area contributed by atoms with Crippen LogP contribution in [-0.2, 0) is 19.1 Å². The van der Waals surface area contributed by atoms with E-state index in [1.807, 2.05) is 5.32 Å². The van der Waals surface area contributed by atoms with Crippen LogP contribution in [0, 0.1) is 17.5 Å². The molecule has 0 aliphatic heterocycles. The van der Waals surface area contributed by atoms with Crippen molar-refractivity contribution in [3.63, 3.8) is 0 Å². The number of ether oxygens (including phenoxy) is 4. The lowest BCUT2D eigenvalue weighted by Gasteiger charge is -2.12. The van der Waals surface area contributed by atoms with Crippen molar-refractivity contribution in [1.82, 2.24) is 5.32 Å². The molecule has 0 saturated carbocycles. The Morgan fingerprint density at radius 1 is 0.912 bits per heavy atom. The quantitative estimate of drug-likeness (QED) is 0.304. The summed E-state index contributed by atoms with van der Waals surface area (Å²) >= 11 is 0. The number of rotatable bonds is 10. The molecule has 2 aromatic rings. The molecule has 0 fully saturated rings. The lowest BCUT2D eigenvalue weighted by molar-refractivity contribution is -0.143. The Morgan fingerprint density at radius 3 is 2.15 bits per heavy atom. The fourth-order valence-electron chi connectivity index (χ4n) is 2.59. The number of esters is 1. The van der Waals surface area contributed by atoms with Crippen LogP contribution in [0.2, 0.25) is 0 Å². The van der Waals surface area contributed by atoms with Crippen molar-refractivity contribution in [3.8, 4) is 17.2 Å². The third kappa shape index (κ3) is 6.89. The van der Waals surface area contributed by atoms with Gasteiger partial charge in [0.25, 0.3) is 5.91 Å². The smallest absolute Gasteiger partial charge is 0.331 e. The zero-order valence-electron chi connectivity index (χ0n) is 18.4. The Bertz CT molecular complexity index is 1080. The molecule has 2 rings (SSSR count). The van der Waals surface area contributed by atoms with E-state index in [-0.39, 0.29) is 0 Å². The molecular weight excluding hydrogens is 461 g/mol. The number of benzene rings is 2. The van der Waals surface area contributed by atoms with E-state index in [9.17, 15) is 27.6 Å². The highest BCUT2D eigenvalue weighted by atomic mass is 19.2. The second-order valence-electron chi connectivity index (χ2n) is 6.45. The topological polar surface area (TPSA) is 112 Å². The minimum absolute atomic E-state index is 0.371. The molecule has 12 heteroatoms. The van der Waals surface area contributed by atoms with E-state index in [0.717, 1.165) is 12.1 Å². The number of hydrogen-bond acceptors (Lipinski definition) is 7. The molecule has 0 atom stereocenters. The van der Waals surface area contributed by atoms with Crippen LogP contribution in [-0.4, -0.2) is 52.3 Å². The van der Waals surface area contributed by atoms with Crippen molar-refractivity contribution in [2.24, 2.45) is 0 Å². The molecule has 0 unspecified atom stereocenters. The van der Waals surface area contributed by atoms with Crippen LogP contribution in [0.15, 0.2) is 30.3 Å². The fourth-order valence-corrected chi connectivity index (χ4v) is 2.59. The van der Waals surface area contributed by atoms with Gasteiger partial charge in [-0.15, -0.1) is 0 Å². The van der Waals surface area contributed by atoms with Gasteiger partial charge in [-0.05, 0) is 35.9 Å². The van der Waals surface area contributed by atoms with Crippen LogP contribution in [0.25, 0.3) is 6.08 Å². The zero-order valence-corrected chi connectivity index (χ0v) is 18.4. The molecule has 2 aromatic carbocycles. The average Bonchev–Trinajstić information content (AvgIpc) is 2.84. The van der Waals surface area contributed by atoms with Crippen LogP contribution >= 0.6 is 0 Å². The van der Waals surface area contributed by atoms with Crippen LogP contribution in [0.5, 0.6) is 17.2 Å². The zero-order chi connectivity index (χ0) is 25.3. The van der Waals surface area contributed by atoms with Gasteiger partial charge in [-0.3, -0.25) is 9.59 Å². The Hall–Kier alpha value is -4.22. The second-order valence-corrected chi connectivity index (χ2v) is 6.45. The number of amides is 2. The molecule has 0 aliphatic rings. The van der Waals surface area contributed by atoms with Crippen LogP contribution in [0.1, 0.15) is 5.56 Å². The van der Waals surface area contributed by atoms with Gasteiger partial charge in [-0.2, -0.15) is 0 Å². The van der Waals surface area contributed by atoms with Crippen molar-refractivity contribution in [2.45, 2.75) is 0 Å². The molecule has 182 valence electrons. The Morgan fingerprint density at radius 2 is 1.56 bits per heavy atom. The van der Waals surface area contributed by atoms with E-state index >= 15 is 0 Å². The first-order valence-electron chi connectivity index (χ1n) is 9.55. The van der Waals surface area contributed by atoms with Gasteiger partial charge < -0.3 is 29.6 Å². The third-order valence-electron chi connectivity index (χ3n) is 4.20. The highest BCUT2D eigenvalue weighted by Gasteiger charge is 2.16. The molecule has 9 nitrogen and oxygen atoms in total. The number of hydrogen-bond donors (Lipinski definition) is 2. The molecule has 0 bridgehead atoms. The number of methoxy groups -OCH3 is 3. The lowest BCUT2D eigenvalue weighted by atomic mass is 10.1. The number of carbonyl (C=O) groups excluding carboxylic acids is 3. The normalized spacial score (nSPS) is 10.5. The minimum atomic E-state index is -1.74. The van der Waals surface area contributed by atoms with Gasteiger partial charge >= 0.3 is 5.97 Å². The van der Waals surface area contributed by atoms with Crippen molar-refractivity contribution in [2.75, 3.05) is 39.8 Å². The summed E-state index contributed by atoms with van der Waals surface area (Å²) in [6.45, 7) is -1.33. The molecule has 34 heavy (non-hydrogen) atoms. The Kier molecular flexibility index (Phi) is 9.29. The summed E-state index contributed by atoms with van der Waals surface area (Å²) in [6.07, 6.45) is 2.46. The predicted octanol–water partition coefficient (Wildman–Crippen LogP) is 2.44. The van der Waals surface area contributed by atoms with Crippen molar-refractivity contribution >= 4 is 29.5 Å². The highest BCUT2D eigenvalue weighted by Crippen LogP contribution is 2.38. The minimum Gasteiger partial charge on any atom is -0.493 e. The molecule has 0 spiro atoms. The number of nitrogens with one attached hydrogen (secondary N) is 2. The van der Waals surface area contributed by atoms with E-state index in [4.69, 9.17) is 18.9 Å². The molecule has 2 amide bonds. The van der Waals surface area contributed by atoms with Gasteiger partial charge in [0.15, 0.2) is 35.6 Å². The summed E-state index contributed by atoms with van der Waals surface area (Å²) in [7, 11) is 4.32. The predicted molar refractivity (Wildman–Crippen MR) is 114 cm³/mol. The summed E-state index contributed by atoms with van der Waals surface area (Å²) in [6, 6.07) is 4.64. The third-order valence-corrected chi connectivity index (χ3v) is 4.20. The molecule has 0 saturated heterocycles. The van der Waals surface area contributed by atoms with E-state index < -0.39 is 54.1 Å². The summed E-state index contributed by atoms with van der Waals surface area (Å²) in [5.74, 6) is -6.20. The van der Waals surface area contributed by atoms with Crippen LogP contribution < -0.4 is 24.8 Å². The number of anilines is 1. The first-order valence-corrected chi connectivity index (χ1v) is 9.55. The van der Waals surface area contributed by atoms with Gasteiger partial charge in [-0.1, -0.05) is 0 Å². The molecule has 0 aromatic heterocycles. The van der Waals surface area contributed by atoms with Gasteiger partial charge in [0.05, 0.1) is 33.6 Å². The molecule has 2 N–H and O–H groups in total. The average molecular weight is 482 g/mol. The first kappa shape index (κ1) is 26.0. The molecule has 0 aliphatic carbocycles. The highest BCUT2D eigenvalue weighted by molar-refractivity contribution is 5.95. The van der Waals surface area contributed by atoms with Crippen LogP contribution in [0.4, 0.5) is 18.9 Å². The van der Waals surface area contributed by atoms with E-state index in [2.05, 4.69) is 5.32 Å². The maximum absolute atomic E-state index is 13.5. The molecular formula is C22H21F3N2O7. The van der Waals surface area contributed by atoms with Crippen LogP contribution in [0.3, 0.4) is 0 Å². The summed E-state index contributed by atoms with van der Waals surface area (Å²) in [4.78, 5) is 35.4. The standard InChI is InChI=1S/C22H21F3N2O7/c1-31-15-8-12(9-16(32-2)22(15)33-3)4-7-19(30)34-11-18(29)26-10-17(28)27-14-6-5-13(23)20(24)21(14)25/h4-9H,10-11H2,1-3H3,(H,26,29)(H,27,28)/b7-4+. The van der Waals surface area contributed by atoms with Crippen molar-refractivity contribution in [3.05, 3.63) is 53.4 Å². The molecule has 0 heterocycles. The summed E-state index contributed by atoms with van der Waals surface area (Å²) in [5, 5.41) is 4.11. The van der Waals surface area contributed by atoms with Gasteiger partial charge in [0, 0.05) is 6.08 Å². The maximum Gasteiger partial charge on any atom is 0.331 e. The molecule has 0 radical (unpaired) electrons. The lowest BCUT2D eigenvalue weighted by Crippen LogP contribution is -2.35. The summed E-state index contributed by atoms with van der Waals surface area (Å²) < 4.78 is 60.0. The van der Waals surface area contributed by atoms with Gasteiger partial charge in [0.1, 0.15) is 0 Å². The SMILES string of the molecule is COc1cc(/C=C/C(=O)OCC(=O)NCC(=O)Nc2ccc(F)c(F)c2F)cc(OC)c1OC. The fraction of sp³-hybridized carbons (Fsp3) is 0.227.